The van der Waals surface area contributed by atoms with E-state index in [0.29, 0.717) is 73.1 Å². The smallest absolute Gasteiger partial charge is 0.416 e. The summed E-state index contributed by atoms with van der Waals surface area (Å²) in [5.74, 6) is 0.368. The summed E-state index contributed by atoms with van der Waals surface area (Å²) < 4.78 is 74.2. The molecule has 3 aliphatic rings. The predicted octanol–water partition coefficient (Wildman–Crippen LogP) is 4.16. The first-order valence-electron chi connectivity index (χ1n) is 11.0. The number of nitrogens with one attached hydrogen (secondary N) is 2. The largest absolute Gasteiger partial charge is 0.447 e. The summed E-state index contributed by atoms with van der Waals surface area (Å²) in [6.07, 6.45) is -1.29. The van der Waals surface area contributed by atoms with E-state index >= 15 is 0 Å². The van der Waals surface area contributed by atoms with E-state index in [1.807, 2.05) is 4.72 Å². The summed E-state index contributed by atoms with van der Waals surface area (Å²) in [7, 11) is -4.38. The topological polar surface area (TPSA) is 109 Å². The van der Waals surface area contributed by atoms with E-state index in [4.69, 9.17) is 4.42 Å². The first kappa shape index (κ1) is 22.3. The van der Waals surface area contributed by atoms with Crippen LogP contribution in [-0.2, 0) is 48.3 Å². The number of anilines is 1. The molecule has 1 atom stereocenters. The molecule has 3 N–H and O–H groups in total. The SMILES string of the molecule is O=C(Nc1c2c(c(C(F)(F)F)c3c1CCC3)CCC2)NS(=O)(=O)c1cc2c(o1)CCCC2O. The van der Waals surface area contributed by atoms with Crippen molar-refractivity contribution in [1.29, 1.82) is 0 Å². The Kier molecular flexibility index (Phi) is 5.24. The molecule has 7 nitrogen and oxygen atoms in total. The number of amides is 2. The van der Waals surface area contributed by atoms with E-state index in [-0.39, 0.29) is 24.0 Å². The van der Waals surface area contributed by atoms with Gasteiger partial charge in [0, 0.05) is 23.7 Å². The minimum atomic E-state index is -4.48. The van der Waals surface area contributed by atoms with Gasteiger partial charge in [-0.3, -0.25) is 0 Å². The van der Waals surface area contributed by atoms with Crippen molar-refractivity contribution in [3.05, 3.63) is 45.2 Å². The maximum absolute atomic E-state index is 13.8. The molecule has 11 heteroatoms. The van der Waals surface area contributed by atoms with E-state index in [9.17, 15) is 31.5 Å². The highest BCUT2D eigenvalue weighted by atomic mass is 32.2. The fourth-order valence-electron chi connectivity index (χ4n) is 5.40. The molecule has 0 fully saturated rings. The van der Waals surface area contributed by atoms with Crippen LogP contribution in [0.2, 0.25) is 0 Å². The van der Waals surface area contributed by atoms with Gasteiger partial charge < -0.3 is 14.8 Å². The second kappa shape index (κ2) is 7.76. The molecule has 0 saturated carbocycles. The quantitative estimate of drug-likeness (QED) is 0.606. The first-order valence-corrected chi connectivity index (χ1v) is 12.5. The Balaban J connectivity index is 1.45. The maximum Gasteiger partial charge on any atom is 0.416 e. The number of carbonyl (C=O) groups excluding carboxylic acids is 1. The van der Waals surface area contributed by atoms with Crippen LogP contribution in [0.5, 0.6) is 0 Å². The highest BCUT2D eigenvalue weighted by Crippen LogP contribution is 2.47. The van der Waals surface area contributed by atoms with Gasteiger partial charge in [-0.15, -0.1) is 0 Å². The lowest BCUT2D eigenvalue weighted by Gasteiger charge is -2.22. The number of hydrogen-bond acceptors (Lipinski definition) is 5. The third kappa shape index (κ3) is 3.80. The minimum Gasteiger partial charge on any atom is -0.447 e. The van der Waals surface area contributed by atoms with Gasteiger partial charge >= 0.3 is 12.2 Å². The molecule has 2 aromatic rings. The number of furan rings is 1. The van der Waals surface area contributed by atoms with Crippen LogP contribution in [0.25, 0.3) is 0 Å². The Hall–Kier alpha value is -2.53. The van der Waals surface area contributed by atoms with Crippen molar-refractivity contribution < 1.29 is 35.9 Å². The minimum absolute atomic E-state index is 0.203. The third-order valence-electron chi connectivity index (χ3n) is 6.72. The zero-order chi connectivity index (χ0) is 23.5. The number of alkyl halides is 3. The Morgan fingerprint density at radius 1 is 1.00 bits per heavy atom. The summed E-state index contributed by atoms with van der Waals surface area (Å²) in [6.45, 7) is 0. The van der Waals surface area contributed by atoms with Crippen LogP contribution in [0.1, 0.15) is 70.9 Å². The molecule has 1 unspecified atom stereocenters. The van der Waals surface area contributed by atoms with Crippen molar-refractivity contribution in [2.45, 2.75) is 75.2 Å². The first-order chi connectivity index (χ1) is 15.6. The molecular weight excluding hydrogens is 461 g/mol. The summed E-state index contributed by atoms with van der Waals surface area (Å²) in [4.78, 5) is 12.7. The molecule has 33 heavy (non-hydrogen) atoms. The second-order valence-corrected chi connectivity index (χ2v) is 10.4. The van der Waals surface area contributed by atoms with Gasteiger partial charge in [0.1, 0.15) is 5.76 Å². The lowest BCUT2D eigenvalue weighted by atomic mass is 9.91. The van der Waals surface area contributed by atoms with Crippen molar-refractivity contribution in [3.8, 4) is 0 Å². The van der Waals surface area contributed by atoms with Gasteiger partial charge in [0.2, 0.25) is 5.09 Å². The number of aliphatic hydroxyl groups is 1. The van der Waals surface area contributed by atoms with Gasteiger partial charge in [-0.1, -0.05) is 0 Å². The van der Waals surface area contributed by atoms with Crippen LogP contribution in [0, 0.1) is 0 Å². The van der Waals surface area contributed by atoms with E-state index < -0.39 is 39.0 Å². The zero-order valence-electron chi connectivity index (χ0n) is 17.6. The van der Waals surface area contributed by atoms with Crippen LogP contribution in [0.4, 0.5) is 23.7 Å². The molecule has 1 aromatic carbocycles. The Labute approximate surface area is 188 Å². The Morgan fingerprint density at radius 3 is 2.18 bits per heavy atom. The van der Waals surface area contributed by atoms with Crippen molar-refractivity contribution in [3.63, 3.8) is 0 Å². The summed E-state index contributed by atoms with van der Waals surface area (Å²) in [5.41, 5.74) is 1.38. The fourth-order valence-corrected chi connectivity index (χ4v) is 6.29. The van der Waals surface area contributed by atoms with Crippen LogP contribution in [-0.4, -0.2) is 19.6 Å². The number of fused-ring (bicyclic) bond motifs is 3. The molecule has 0 aliphatic heterocycles. The van der Waals surface area contributed by atoms with Gasteiger partial charge in [0.25, 0.3) is 10.0 Å². The second-order valence-electron chi connectivity index (χ2n) is 8.78. The number of carbonyl (C=O) groups is 1. The number of benzene rings is 1. The van der Waals surface area contributed by atoms with Crippen molar-refractivity contribution in [2.75, 3.05) is 5.32 Å². The number of halogens is 3. The van der Waals surface area contributed by atoms with Crippen LogP contribution in [0.15, 0.2) is 15.6 Å². The molecular formula is C22H23F3N2O5S. The molecule has 0 spiro atoms. The predicted molar refractivity (Wildman–Crippen MR) is 111 cm³/mol. The van der Waals surface area contributed by atoms with Gasteiger partial charge in [0.15, 0.2) is 0 Å². The molecule has 3 aliphatic carbocycles. The number of urea groups is 1. The lowest BCUT2D eigenvalue weighted by Crippen LogP contribution is -2.35. The Bertz CT molecular complexity index is 1210. The van der Waals surface area contributed by atoms with Crippen LogP contribution < -0.4 is 10.0 Å². The summed E-state index contributed by atoms with van der Waals surface area (Å²) in [5, 5.41) is 12.1. The molecule has 1 aromatic heterocycles. The lowest BCUT2D eigenvalue weighted by molar-refractivity contribution is -0.138. The van der Waals surface area contributed by atoms with E-state index in [1.54, 1.807) is 0 Å². The number of aryl methyl sites for hydroxylation is 1. The molecule has 1 heterocycles. The zero-order valence-corrected chi connectivity index (χ0v) is 18.5. The highest BCUT2D eigenvalue weighted by Gasteiger charge is 2.42. The fraction of sp³-hybridized carbons (Fsp3) is 0.500. The number of rotatable bonds is 3. The van der Waals surface area contributed by atoms with E-state index in [1.165, 1.54) is 6.07 Å². The molecule has 178 valence electrons. The monoisotopic (exact) mass is 484 g/mol. The molecule has 0 bridgehead atoms. The summed E-state index contributed by atoms with van der Waals surface area (Å²) in [6, 6.07) is 0.148. The molecule has 5 rings (SSSR count). The summed E-state index contributed by atoms with van der Waals surface area (Å²) >= 11 is 0. The van der Waals surface area contributed by atoms with E-state index in [2.05, 4.69) is 5.32 Å². The third-order valence-corrected chi connectivity index (χ3v) is 7.90. The number of hydrogen-bond donors (Lipinski definition) is 3. The van der Waals surface area contributed by atoms with E-state index in [0.717, 1.165) is 0 Å². The molecule has 0 radical (unpaired) electrons. The average Bonchev–Trinajstić information content (AvgIpc) is 3.45. The highest BCUT2D eigenvalue weighted by molar-refractivity contribution is 7.89. The Morgan fingerprint density at radius 2 is 1.61 bits per heavy atom. The van der Waals surface area contributed by atoms with Crippen molar-refractivity contribution >= 4 is 21.7 Å². The number of aliphatic hydroxyl groups excluding tert-OH is 1. The molecule has 2 amide bonds. The maximum atomic E-state index is 13.8. The van der Waals surface area contributed by atoms with Crippen LogP contribution in [0.3, 0.4) is 0 Å². The van der Waals surface area contributed by atoms with Gasteiger partial charge in [-0.25, -0.2) is 9.52 Å². The average molecular weight is 484 g/mol. The van der Waals surface area contributed by atoms with Crippen LogP contribution >= 0.6 is 0 Å². The number of sulfonamides is 1. The normalized spacial score (nSPS) is 19.7. The van der Waals surface area contributed by atoms with Crippen molar-refractivity contribution in [2.24, 2.45) is 0 Å². The van der Waals surface area contributed by atoms with Crippen molar-refractivity contribution in [1.82, 2.24) is 4.72 Å². The van der Waals surface area contributed by atoms with Gasteiger partial charge in [0.05, 0.1) is 11.7 Å². The standard InChI is InChI=1S/C22H23F3N2O5S/c23-22(24,25)19-11-4-1-6-13(11)20(14-7-2-5-12(14)19)26-21(29)27-33(30,31)18-10-15-16(28)8-3-9-17(15)32-18/h10,16,28H,1-9H2,(H2,26,27,29). The van der Waals surface area contributed by atoms with Gasteiger partial charge in [-0.2, -0.15) is 21.6 Å². The van der Waals surface area contributed by atoms with Gasteiger partial charge in [-0.05, 0) is 73.6 Å². The molecule has 0 saturated heterocycles.